The predicted molar refractivity (Wildman–Crippen MR) is 65.6 cm³/mol. The summed E-state index contributed by atoms with van der Waals surface area (Å²) in [5, 5.41) is 0.0295. The minimum absolute atomic E-state index is 0.0295. The molecule has 0 aliphatic heterocycles. The zero-order chi connectivity index (χ0) is 12.4. The van der Waals surface area contributed by atoms with E-state index in [4.69, 9.17) is 17.3 Å². The molecular formula is C12H10ClFN2O. The summed E-state index contributed by atoms with van der Waals surface area (Å²) in [5.41, 5.74) is 6.38. The summed E-state index contributed by atoms with van der Waals surface area (Å²) >= 11 is 5.81. The molecule has 0 fully saturated rings. The van der Waals surface area contributed by atoms with Crippen molar-refractivity contribution in [3.05, 3.63) is 63.3 Å². The predicted octanol–water partition coefficient (Wildman–Crippen LogP) is 2.27. The Morgan fingerprint density at radius 3 is 2.82 bits per heavy atom. The molecule has 0 amide bonds. The van der Waals surface area contributed by atoms with Crippen LogP contribution in [-0.2, 0) is 6.54 Å². The van der Waals surface area contributed by atoms with Gasteiger partial charge in [-0.25, -0.2) is 4.39 Å². The fraction of sp³-hybridized carbons (Fsp3) is 0.0833. The van der Waals surface area contributed by atoms with E-state index in [2.05, 4.69) is 0 Å². The Morgan fingerprint density at radius 2 is 2.06 bits per heavy atom. The lowest BCUT2D eigenvalue weighted by atomic mass is 10.2. The second-order valence-electron chi connectivity index (χ2n) is 3.64. The van der Waals surface area contributed by atoms with Crippen molar-refractivity contribution >= 4 is 17.3 Å². The fourth-order valence-corrected chi connectivity index (χ4v) is 1.71. The molecule has 0 bridgehead atoms. The van der Waals surface area contributed by atoms with Crippen molar-refractivity contribution in [3.63, 3.8) is 0 Å². The Balaban J connectivity index is 2.41. The second kappa shape index (κ2) is 4.59. The smallest absolute Gasteiger partial charge is 0.250 e. The van der Waals surface area contributed by atoms with Crippen LogP contribution in [0.2, 0.25) is 5.02 Å². The monoisotopic (exact) mass is 252 g/mol. The van der Waals surface area contributed by atoms with E-state index in [-0.39, 0.29) is 17.1 Å². The van der Waals surface area contributed by atoms with Crippen molar-refractivity contribution in [2.75, 3.05) is 5.73 Å². The summed E-state index contributed by atoms with van der Waals surface area (Å²) in [6, 6.07) is 7.37. The zero-order valence-corrected chi connectivity index (χ0v) is 9.62. The molecule has 0 atom stereocenters. The molecule has 3 nitrogen and oxygen atoms in total. The summed E-state index contributed by atoms with van der Waals surface area (Å²) in [7, 11) is 0. The highest BCUT2D eigenvalue weighted by Gasteiger charge is 2.06. The normalized spacial score (nSPS) is 10.5. The van der Waals surface area contributed by atoms with Crippen LogP contribution in [0.1, 0.15) is 5.56 Å². The molecule has 0 saturated carbocycles. The molecule has 17 heavy (non-hydrogen) atoms. The number of nitrogens with zero attached hydrogens (tertiary/aromatic N) is 1. The largest absolute Gasteiger partial charge is 0.398 e. The van der Waals surface area contributed by atoms with E-state index in [0.29, 0.717) is 11.3 Å². The lowest BCUT2D eigenvalue weighted by Crippen LogP contribution is -2.19. The first-order valence-electron chi connectivity index (χ1n) is 4.97. The summed E-state index contributed by atoms with van der Waals surface area (Å²) in [5.74, 6) is -0.499. The molecule has 0 aliphatic carbocycles. The molecule has 1 aromatic carbocycles. The van der Waals surface area contributed by atoms with Crippen LogP contribution in [0.15, 0.2) is 41.3 Å². The first-order chi connectivity index (χ1) is 8.08. The Bertz CT molecular complexity index is 610. The van der Waals surface area contributed by atoms with Gasteiger partial charge in [0.2, 0.25) is 0 Å². The summed E-state index contributed by atoms with van der Waals surface area (Å²) < 4.78 is 14.6. The molecule has 2 N–H and O–H groups in total. The van der Waals surface area contributed by atoms with Crippen molar-refractivity contribution in [1.82, 2.24) is 4.57 Å². The zero-order valence-electron chi connectivity index (χ0n) is 8.86. The van der Waals surface area contributed by atoms with Crippen molar-refractivity contribution in [1.29, 1.82) is 0 Å². The maximum atomic E-state index is 13.2. The summed E-state index contributed by atoms with van der Waals surface area (Å²) in [6.07, 6.45) is 1.50. The second-order valence-corrected chi connectivity index (χ2v) is 4.02. The third kappa shape index (κ3) is 2.47. The first-order valence-corrected chi connectivity index (χ1v) is 5.34. The van der Waals surface area contributed by atoms with Crippen LogP contribution in [0.25, 0.3) is 0 Å². The van der Waals surface area contributed by atoms with E-state index in [1.807, 2.05) is 0 Å². The number of benzene rings is 1. The van der Waals surface area contributed by atoms with Gasteiger partial charge in [-0.15, -0.1) is 0 Å². The molecule has 1 heterocycles. The highest BCUT2D eigenvalue weighted by Crippen LogP contribution is 2.20. The SMILES string of the molecule is Nc1ccc(=O)n(Cc2cccc(F)c2Cl)c1. The molecule has 0 unspecified atom stereocenters. The van der Waals surface area contributed by atoms with Crippen LogP contribution in [0.4, 0.5) is 10.1 Å². The van der Waals surface area contributed by atoms with Crippen molar-refractivity contribution in [3.8, 4) is 0 Å². The molecule has 0 spiro atoms. The summed E-state index contributed by atoms with van der Waals surface area (Å²) in [6.45, 7) is 0.195. The minimum atomic E-state index is -0.499. The molecule has 1 aromatic heterocycles. The van der Waals surface area contributed by atoms with Gasteiger partial charge in [0.1, 0.15) is 5.82 Å². The molecular weight excluding hydrogens is 243 g/mol. The maximum absolute atomic E-state index is 13.2. The Morgan fingerprint density at radius 1 is 1.29 bits per heavy atom. The van der Waals surface area contributed by atoms with Crippen LogP contribution in [0.5, 0.6) is 0 Å². The Hall–Kier alpha value is -1.81. The van der Waals surface area contributed by atoms with Crippen LogP contribution in [0.3, 0.4) is 0 Å². The first kappa shape index (κ1) is 11.7. The number of hydrogen-bond acceptors (Lipinski definition) is 2. The molecule has 0 radical (unpaired) electrons. The third-order valence-corrected chi connectivity index (χ3v) is 2.80. The van der Waals surface area contributed by atoms with Gasteiger partial charge >= 0.3 is 0 Å². The van der Waals surface area contributed by atoms with E-state index >= 15 is 0 Å². The van der Waals surface area contributed by atoms with Crippen molar-refractivity contribution in [2.24, 2.45) is 0 Å². The number of aromatic nitrogens is 1. The van der Waals surface area contributed by atoms with Crippen LogP contribution in [0, 0.1) is 5.82 Å². The molecule has 2 aromatic rings. The standard InChI is InChI=1S/C12H10ClFN2O/c13-12-8(2-1-3-10(12)14)6-16-7-9(15)4-5-11(16)17/h1-5,7H,6,15H2. The number of nitrogens with two attached hydrogens (primary N) is 1. The van der Waals surface area contributed by atoms with Crippen molar-refractivity contribution in [2.45, 2.75) is 6.54 Å². The molecule has 0 aliphatic rings. The average molecular weight is 253 g/mol. The Kier molecular flexibility index (Phi) is 3.15. The van der Waals surface area contributed by atoms with Crippen molar-refractivity contribution < 1.29 is 4.39 Å². The molecule has 88 valence electrons. The van der Waals surface area contributed by atoms with Gasteiger partial charge in [0, 0.05) is 18.0 Å². The quantitative estimate of drug-likeness (QED) is 0.891. The van der Waals surface area contributed by atoms with Gasteiger partial charge in [0.25, 0.3) is 5.56 Å². The molecule has 0 saturated heterocycles. The van der Waals surface area contributed by atoms with Crippen LogP contribution in [-0.4, -0.2) is 4.57 Å². The van der Waals surface area contributed by atoms with E-state index in [9.17, 15) is 9.18 Å². The topological polar surface area (TPSA) is 48.0 Å². The van der Waals surface area contributed by atoms with E-state index in [0.717, 1.165) is 0 Å². The average Bonchev–Trinajstić information content (AvgIpc) is 2.30. The van der Waals surface area contributed by atoms with Gasteiger partial charge in [-0.05, 0) is 17.7 Å². The van der Waals surface area contributed by atoms with Gasteiger partial charge < -0.3 is 10.3 Å². The van der Waals surface area contributed by atoms with Gasteiger partial charge in [0.05, 0.1) is 11.6 Å². The fourth-order valence-electron chi connectivity index (χ4n) is 1.53. The van der Waals surface area contributed by atoms with E-state index in [1.165, 1.54) is 29.0 Å². The molecule has 5 heteroatoms. The Labute approximate surface area is 102 Å². The lowest BCUT2D eigenvalue weighted by Gasteiger charge is -2.08. The summed E-state index contributed by atoms with van der Waals surface area (Å²) in [4.78, 5) is 11.5. The minimum Gasteiger partial charge on any atom is -0.398 e. The highest BCUT2D eigenvalue weighted by molar-refractivity contribution is 6.31. The van der Waals surface area contributed by atoms with E-state index < -0.39 is 5.82 Å². The maximum Gasteiger partial charge on any atom is 0.250 e. The van der Waals surface area contributed by atoms with Gasteiger partial charge in [-0.3, -0.25) is 4.79 Å². The third-order valence-electron chi connectivity index (χ3n) is 2.38. The van der Waals surface area contributed by atoms with Gasteiger partial charge in [0.15, 0.2) is 0 Å². The number of hydrogen-bond donors (Lipinski definition) is 1. The molecule has 2 rings (SSSR count). The van der Waals surface area contributed by atoms with Crippen LogP contribution >= 0.6 is 11.6 Å². The number of nitrogen functional groups attached to an aromatic ring is 1. The number of halogens is 2. The highest BCUT2D eigenvalue weighted by atomic mass is 35.5. The lowest BCUT2D eigenvalue weighted by molar-refractivity contribution is 0.623. The number of anilines is 1. The number of pyridine rings is 1. The number of rotatable bonds is 2. The van der Waals surface area contributed by atoms with E-state index in [1.54, 1.807) is 12.1 Å². The van der Waals surface area contributed by atoms with Gasteiger partial charge in [-0.1, -0.05) is 23.7 Å². The van der Waals surface area contributed by atoms with Gasteiger partial charge in [-0.2, -0.15) is 0 Å². The van der Waals surface area contributed by atoms with Crippen LogP contribution < -0.4 is 11.3 Å².